The molecule has 0 atom stereocenters. The Labute approximate surface area is 154 Å². The highest BCUT2D eigenvalue weighted by Gasteiger charge is 2.17. The van der Waals surface area contributed by atoms with Gasteiger partial charge in [0, 0.05) is 6.54 Å². The molecule has 0 radical (unpaired) electrons. The van der Waals surface area contributed by atoms with Crippen LogP contribution in [0, 0.1) is 12.7 Å². The van der Waals surface area contributed by atoms with Crippen LogP contribution in [0.3, 0.4) is 0 Å². The molecule has 0 fully saturated rings. The first-order valence-corrected chi connectivity index (χ1v) is 8.46. The van der Waals surface area contributed by atoms with Crippen LogP contribution in [0.4, 0.5) is 10.2 Å². The molecule has 0 aliphatic rings. The Balaban J connectivity index is 1.75. The third-order valence-corrected chi connectivity index (χ3v) is 4.22. The number of aromatic nitrogens is 4. The first kappa shape index (κ1) is 16.5. The lowest BCUT2D eigenvalue weighted by Crippen LogP contribution is -2.04. The van der Waals surface area contributed by atoms with Crippen molar-refractivity contribution in [1.82, 2.24) is 19.7 Å². The summed E-state index contributed by atoms with van der Waals surface area (Å²) in [5, 5.41) is 8.79. The highest BCUT2D eigenvalue weighted by Crippen LogP contribution is 2.27. The molecule has 0 spiro atoms. The molecule has 7 heteroatoms. The van der Waals surface area contributed by atoms with Crippen molar-refractivity contribution in [1.29, 1.82) is 0 Å². The molecule has 5 nitrogen and oxygen atoms in total. The molecule has 26 heavy (non-hydrogen) atoms. The molecule has 0 bridgehead atoms. The quantitative estimate of drug-likeness (QED) is 0.538. The first-order valence-electron chi connectivity index (χ1n) is 8.08. The zero-order valence-corrected chi connectivity index (χ0v) is 14.7. The predicted molar refractivity (Wildman–Crippen MR) is 100 cm³/mol. The lowest BCUT2D eigenvalue weighted by atomic mass is 10.2. The number of hydrogen-bond acceptors (Lipinski definition) is 4. The normalized spacial score (nSPS) is 11.0. The number of fused-ring (bicyclic) bond motifs is 1. The van der Waals surface area contributed by atoms with Crippen molar-refractivity contribution in [3.63, 3.8) is 0 Å². The van der Waals surface area contributed by atoms with E-state index >= 15 is 0 Å². The van der Waals surface area contributed by atoms with Crippen LogP contribution < -0.4 is 5.32 Å². The predicted octanol–water partition coefficient (Wildman–Crippen LogP) is 4.53. The van der Waals surface area contributed by atoms with Crippen molar-refractivity contribution in [2.75, 3.05) is 5.32 Å². The molecule has 2 aromatic heterocycles. The number of aryl methyl sites for hydroxylation is 1. The maximum absolute atomic E-state index is 13.1. The molecule has 1 N–H and O–H groups in total. The second kappa shape index (κ2) is 6.72. The SMILES string of the molecule is Cc1nn(-c2ccccc2)c2nc(Cl)nc(NCc3ccc(F)cc3)c12. The van der Waals surface area contributed by atoms with Crippen molar-refractivity contribution in [3.8, 4) is 5.69 Å². The van der Waals surface area contributed by atoms with E-state index in [0.717, 1.165) is 22.3 Å². The fourth-order valence-electron chi connectivity index (χ4n) is 2.82. The molecule has 0 aliphatic carbocycles. The average Bonchev–Trinajstić information content (AvgIpc) is 2.98. The van der Waals surface area contributed by atoms with E-state index < -0.39 is 0 Å². The van der Waals surface area contributed by atoms with Crippen LogP contribution in [0.15, 0.2) is 54.6 Å². The average molecular weight is 368 g/mol. The zero-order valence-electron chi connectivity index (χ0n) is 13.9. The van der Waals surface area contributed by atoms with Crippen molar-refractivity contribution < 1.29 is 4.39 Å². The van der Waals surface area contributed by atoms with Crippen LogP contribution in [-0.2, 0) is 6.54 Å². The van der Waals surface area contributed by atoms with Crippen molar-refractivity contribution in [2.45, 2.75) is 13.5 Å². The van der Waals surface area contributed by atoms with E-state index in [1.54, 1.807) is 16.8 Å². The standard InChI is InChI=1S/C19H15ClFN5/c1-12-16-17(22-11-13-7-9-14(21)10-8-13)23-19(20)24-18(16)26(25-12)15-5-3-2-4-6-15/h2-10H,11H2,1H3,(H,22,23,24). The number of halogens is 2. The molecule has 0 saturated heterocycles. The fourth-order valence-corrected chi connectivity index (χ4v) is 2.99. The molecule has 4 rings (SSSR count). The molecule has 130 valence electrons. The van der Waals surface area contributed by atoms with E-state index in [9.17, 15) is 4.39 Å². The van der Waals surface area contributed by atoms with Crippen LogP contribution in [0.25, 0.3) is 16.7 Å². The molecule has 0 saturated carbocycles. The van der Waals surface area contributed by atoms with Crippen LogP contribution >= 0.6 is 11.6 Å². The lowest BCUT2D eigenvalue weighted by Gasteiger charge is -2.08. The van der Waals surface area contributed by atoms with Crippen LogP contribution in [0.5, 0.6) is 0 Å². The number of nitrogens with zero attached hydrogens (tertiary/aromatic N) is 4. The van der Waals surface area contributed by atoms with Crippen molar-refractivity contribution in [3.05, 3.63) is 77.0 Å². The molecule has 0 unspecified atom stereocenters. The van der Waals surface area contributed by atoms with Gasteiger partial charge in [0.05, 0.1) is 16.8 Å². The summed E-state index contributed by atoms with van der Waals surface area (Å²) in [6.07, 6.45) is 0. The topological polar surface area (TPSA) is 55.6 Å². The van der Waals surface area contributed by atoms with Crippen LogP contribution in [0.1, 0.15) is 11.3 Å². The summed E-state index contributed by atoms with van der Waals surface area (Å²) in [7, 11) is 0. The Morgan fingerprint density at radius 1 is 1.04 bits per heavy atom. The van der Waals surface area contributed by atoms with Gasteiger partial charge in [-0.15, -0.1) is 0 Å². The van der Waals surface area contributed by atoms with Gasteiger partial charge in [-0.25, -0.2) is 9.07 Å². The molecule has 0 amide bonds. The Bertz CT molecular complexity index is 1060. The number of rotatable bonds is 4. The third kappa shape index (κ3) is 3.11. The summed E-state index contributed by atoms with van der Waals surface area (Å²) in [5.74, 6) is 0.338. The summed E-state index contributed by atoms with van der Waals surface area (Å²) >= 11 is 6.14. The van der Waals surface area contributed by atoms with Crippen LogP contribution in [-0.4, -0.2) is 19.7 Å². The largest absolute Gasteiger partial charge is 0.365 e. The summed E-state index contributed by atoms with van der Waals surface area (Å²) < 4.78 is 14.8. The van der Waals surface area contributed by atoms with Gasteiger partial charge in [-0.05, 0) is 48.4 Å². The molecular formula is C19H15ClFN5. The van der Waals surface area contributed by atoms with Gasteiger partial charge < -0.3 is 5.32 Å². The second-order valence-corrected chi connectivity index (χ2v) is 6.19. The number of para-hydroxylation sites is 1. The monoisotopic (exact) mass is 367 g/mol. The summed E-state index contributed by atoms with van der Waals surface area (Å²) in [6, 6.07) is 16.0. The second-order valence-electron chi connectivity index (χ2n) is 5.85. The Morgan fingerprint density at radius 3 is 2.50 bits per heavy atom. The van der Waals surface area contributed by atoms with Gasteiger partial charge >= 0.3 is 0 Å². The van der Waals surface area contributed by atoms with Gasteiger partial charge in [0.15, 0.2) is 5.65 Å². The molecule has 2 aromatic carbocycles. The van der Waals surface area contributed by atoms with Gasteiger partial charge in [0.2, 0.25) is 5.28 Å². The maximum Gasteiger partial charge on any atom is 0.226 e. The molecule has 0 aliphatic heterocycles. The zero-order chi connectivity index (χ0) is 18.1. The maximum atomic E-state index is 13.1. The van der Waals surface area contributed by atoms with Gasteiger partial charge in [-0.3, -0.25) is 0 Å². The molecule has 4 aromatic rings. The Morgan fingerprint density at radius 2 is 1.77 bits per heavy atom. The minimum atomic E-state index is -0.263. The van der Waals surface area contributed by atoms with E-state index in [1.165, 1.54) is 12.1 Å². The van der Waals surface area contributed by atoms with Gasteiger partial charge in [0.25, 0.3) is 0 Å². The van der Waals surface area contributed by atoms with Gasteiger partial charge in [-0.1, -0.05) is 30.3 Å². The lowest BCUT2D eigenvalue weighted by molar-refractivity contribution is 0.627. The number of anilines is 1. The highest BCUT2D eigenvalue weighted by atomic mass is 35.5. The minimum absolute atomic E-state index is 0.135. The third-order valence-electron chi connectivity index (χ3n) is 4.05. The van der Waals surface area contributed by atoms with E-state index in [1.807, 2.05) is 37.3 Å². The van der Waals surface area contributed by atoms with E-state index in [4.69, 9.17) is 11.6 Å². The summed E-state index contributed by atoms with van der Waals surface area (Å²) in [6.45, 7) is 2.39. The minimum Gasteiger partial charge on any atom is -0.365 e. The van der Waals surface area contributed by atoms with Gasteiger partial charge in [-0.2, -0.15) is 15.1 Å². The van der Waals surface area contributed by atoms with E-state index in [-0.39, 0.29) is 11.1 Å². The molecule has 2 heterocycles. The van der Waals surface area contributed by atoms with Gasteiger partial charge in [0.1, 0.15) is 11.6 Å². The Kier molecular flexibility index (Phi) is 4.26. The van der Waals surface area contributed by atoms with E-state index in [2.05, 4.69) is 20.4 Å². The van der Waals surface area contributed by atoms with Crippen molar-refractivity contribution >= 4 is 28.5 Å². The molecular weight excluding hydrogens is 353 g/mol. The van der Waals surface area contributed by atoms with E-state index in [0.29, 0.717) is 18.0 Å². The Hall–Kier alpha value is -2.99. The van der Waals surface area contributed by atoms with Crippen molar-refractivity contribution in [2.24, 2.45) is 0 Å². The number of hydrogen-bond donors (Lipinski definition) is 1. The number of benzene rings is 2. The number of nitrogens with one attached hydrogen (secondary N) is 1. The summed E-state index contributed by atoms with van der Waals surface area (Å²) in [5.41, 5.74) is 3.25. The van der Waals surface area contributed by atoms with Crippen LogP contribution in [0.2, 0.25) is 5.28 Å². The first-order chi connectivity index (χ1) is 12.6. The highest BCUT2D eigenvalue weighted by molar-refractivity contribution is 6.28. The summed E-state index contributed by atoms with van der Waals surface area (Å²) in [4.78, 5) is 8.68. The fraction of sp³-hybridized carbons (Fsp3) is 0.105. The smallest absolute Gasteiger partial charge is 0.226 e.